The number of carbonyl (C=O) groups is 2. The number of unbranched alkanes of at least 4 members (excludes halogenated alkanes) is 2. The molecule has 3 amide bonds. The first-order valence-corrected chi connectivity index (χ1v) is 7.15. The van der Waals surface area contributed by atoms with E-state index in [1.54, 1.807) is 24.3 Å². The molecule has 0 unspecified atom stereocenters. The van der Waals surface area contributed by atoms with Crippen LogP contribution in [0.3, 0.4) is 0 Å². The molecule has 1 saturated heterocycles. The molecule has 1 atom stereocenters. The molecule has 1 fully saturated rings. The van der Waals surface area contributed by atoms with Crippen LogP contribution >= 0.6 is 11.6 Å². The zero-order chi connectivity index (χ0) is 14.6. The quantitative estimate of drug-likeness (QED) is 0.544. The van der Waals surface area contributed by atoms with Gasteiger partial charge in [-0.2, -0.15) is 0 Å². The highest BCUT2D eigenvalue weighted by Gasteiger charge is 2.46. The Bertz CT molecular complexity index is 504. The van der Waals surface area contributed by atoms with E-state index >= 15 is 0 Å². The highest BCUT2D eigenvalue weighted by atomic mass is 35.5. The monoisotopic (exact) mass is 296 g/mol. The van der Waals surface area contributed by atoms with Crippen LogP contribution in [0, 0.1) is 0 Å². The standard InChI is InChI=1S/C14H18ClN3O2/c15-11-6-4-10(5-7-11)14(8-2-1-3-9-16)12(19)17-13(20)18-14/h4-7H,1-3,8-9,16H2,(H2,17,18,19,20)/p+1/t14-/m1/s1. The molecule has 0 spiro atoms. The highest BCUT2D eigenvalue weighted by molar-refractivity contribution is 6.30. The molecule has 6 heteroatoms. The van der Waals surface area contributed by atoms with Gasteiger partial charge in [-0.15, -0.1) is 0 Å². The summed E-state index contributed by atoms with van der Waals surface area (Å²) < 4.78 is 0. The summed E-state index contributed by atoms with van der Waals surface area (Å²) in [5.41, 5.74) is 3.60. The maximum absolute atomic E-state index is 12.2. The number of amides is 3. The number of carbonyl (C=O) groups excluding carboxylic acids is 2. The van der Waals surface area contributed by atoms with Crippen LogP contribution in [-0.2, 0) is 10.3 Å². The van der Waals surface area contributed by atoms with E-state index in [1.165, 1.54) is 0 Å². The lowest BCUT2D eigenvalue weighted by Gasteiger charge is -2.26. The maximum atomic E-state index is 12.2. The van der Waals surface area contributed by atoms with Crippen molar-refractivity contribution in [1.29, 1.82) is 0 Å². The van der Waals surface area contributed by atoms with Crippen molar-refractivity contribution in [3.8, 4) is 0 Å². The number of halogens is 1. The zero-order valence-corrected chi connectivity index (χ0v) is 12.0. The molecule has 108 valence electrons. The summed E-state index contributed by atoms with van der Waals surface area (Å²) in [6.45, 7) is 0.881. The lowest BCUT2D eigenvalue weighted by molar-refractivity contribution is -0.368. The van der Waals surface area contributed by atoms with Gasteiger partial charge in [0.2, 0.25) is 0 Å². The first-order chi connectivity index (χ1) is 9.58. The van der Waals surface area contributed by atoms with E-state index in [4.69, 9.17) is 11.6 Å². The molecule has 5 N–H and O–H groups in total. The van der Waals surface area contributed by atoms with Crippen LogP contribution in [0.5, 0.6) is 0 Å². The molecule has 0 saturated carbocycles. The third-order valence-electron chi connectivity index (χ3n) is 3.58. The smallest absolute Gasteiger partial charge is 0.322 e. The van der Waals surface area contributed by atoms with Gasteiger partial charge in [0.1, 0.15) is 5.54 Å². The van der Waals surface area contributed by atoms with Crippen LogP contribution in [0.25, 0.3) is 0 Å². The van der Waals surface area contributed by atoms with Gasteiger partial charge in [-0.25, -0.2) is 4.79 Å². The normalized spacial score (nSPS) is 21.7. The van der Waals surface area contributed by atoms with Gasteiger partial charge in [0.15, 0.2) is 0 Å². The number of rotatable bonds is 6. The van der Waals surface area contributed by atoms with Crippen LogP contribution in [0.15, 0.2) is 24.3 Å². The summed E-state index contributed by atoms with van der Waals surface area (Å²) in [5, 5.41) is 5.70. The largest absolute Gasteiger partial charge is 0.358 e. The van der Waals surface area contributed by atoms with Crippen molar-refractivity contribution in [3.63, 3.8) is 0 Å². The van der Waals surface area contributed by atoms with Crippen molar-refractivity contribution in [2.24, 2.45) is 0 Å². The van der Waals surface area contributed by atoms with Crippen molar-refractivity contribution in [2.75, 3.05) is 6.54 Å². The van der Waals surface area contributed by atoms with Crippen LogP contribution in [0.1, 0.15) is 31.2 Å². The predicted molar refractivity (Wildman–Crippen MR) is 76.0 cm³/mol. The summed E-state index contributed by atoms with van der Waals surface area (Å²) in [6.07, 6.45) is 3.44. The second kappa shape index (κ2) is 6.24. The Morgan fingerprint density at radius 3 is 2.35 bits per heavy atom. The molecule has 5 nitrogen and oxygen atoms in total. The fourth-order valence-corrected chi connectivity index (χ4v) is 2.62. The Hall–Kier alpha value is -1.59. The number of nitrogens with one attached hydrogen (secondary N) is 2. The van der Waals surface area contributed by atoms with Crippen molar-refractivity contribution in [2.45, 2.75) is 31.2 Å². The van der Waals surface area contributed by atoms with E-state index in [1.807, 2.05) is 0 Å². The van der Waals surface area contributed by atoms with Crippen molar-refractivity contribution in [1.82, 2.24) is 10.6 Å². The number of hydrogen-bond acceptors (Lipinski definition) is 2. The maximum Gasteiger partial charge on any atom is 0.322 e. The van der Waals surface area contributed by atoms with Gasteiger partial charge in [0, 0.05) is 5.02 Å². The highest BCUT2D eigenvalue weighted by Crippen LogP contribution is 2.31. The minimum Gasteiger partial charge on any atom is -0.358 e. The number of quaternary nitrogens is 1. The van der Waals surface area contributed by atoms with Gasteiger partial charge in [-0.05, 0) is 43.4 Å². The third-order valence-corrected chi connectivity index (χ3v) is 3.83. The van der Waals surface area contributed by atoms with Crippen LogP contribution in [0.2, 0.25) is 5.02 Å². The molecule has 20 heavy (non-hydrogen) atoms. The summed E-state index contributed by atoms with van der Waals surface area (Å²) >= 11 is 5.88. The van der Waals surface area contributed by atoms with E-state index in [2.05, 4.69) is 16.4 Å². The van der Waals surface area contributed by atoms with E-state index < -0.39 is 11.6 Å². The second-order valence-electron chi connectivity index (χ2n) is 4.98. The van der Waals surface area contributed by atoms with E-state index in [9.17, 15) is 9.59 Å². The van der Waals surface area contributed by atoms with E-state index in [0.29, 0.717) is 11.4 Å². The summed E-state index contributed by atoms with van der Waals surface area (Å²) in [4.78, 5) is 23.7. The van der Waals surface area contributed by atoms with E-state index in [0.717, 1.165) is 31.4 Å². The molecule has 2 rings (SSSR count). The number of benzene rings is 1. The molecule has 1 aliphatic rings. The molecule has 0 radical (unpaired) electrons. The second-order valence-corrected chi connectivity index (χ2v) is 5.42. The van der Waals surface area contributed by atoms with Gasteiger partial charge in [0.25, 0.3) is 5.91 Å². The molecule has 1 aliphatic heterocycles. The van der Waals surface area contributed by atoms with Crippen LogP contribution in [0.4, 0.5) is 4.79 Å². The van der Waals surface area contributed by atoms with Crippen molar-refractivity contribution < 1.29 is 15.3 Å². The molecular formula is C14H19ClN3O2+. The molecule has 0 bridgehead atoms. The lowest BCUT2D eigenvalue weighted by atomic mass is 9.85. The van der Waals surface area contributed by atoms with Crippen LogP contribution in [-0.4, -0.2) is 18.5 Å². The molecule has 0 aliphatic carbocycles. The van der Waals surface area contributed by atoms with Gasteiger partial charge in [-0.1, -0.05) is 23.7 Å². The average molecular weight is 297 g/mol. The van der Waals surface area contributed by atoms with E-state index in [-0.39, 0.29) is 5.91 Å². The fourth-order valence-electron chi connectivity index (χ4n) is 2.49. The molecule has 0 aromatic heterocycles. The van der Waals surface area contributed by atoms with Gasteiger partial charge in [0.05, 0.1) is 6.54 Å². The first-order valence-electron chi connectivity index (χ1n) is 6.77. The topological polar surface area (TPSA) is 85.8 Å². The molecule has 1 aromatic rings. The summed E-state index contributed by atoms with van der Waals surface area (Å²) in [6, 6.07) is 6.59. The minimum absolute atomic E-state index is 0.292. The Labute approximate surface area is 122 Å². The Kier molecular flexibility index (Phi) is 4.62. The summed E-state index contributed by atoms with van der Waals surface area (Å²) in [7, 11) is 0. The van der Waals surface area contributed by atoms with Gasteiger partial charge in [-0.3, -0.25) is 10.1 Å². The average Bonchev–Trinajstić information content (AvgIpc) is 2.71. The van der Waals surface area contributed by atoms with Crippen molar-refractivity contribution in [3.05, 3.63) is 34.9 Å². The Morgan fingerprint density at radius 1 is 1.10 bits per heavy atom. The third kappa shape index (κ3) is 2.94. The Morgan fingerprint density at radius 2 is 1.80 bits per heavy atom. The lowest BCUT2D eigenvalue weighted by Crippen LogP contribution is -2.50. The SMILES string of the molecule is [NH3+]CCCCC[C@]1(c2ccc(Cl)cc2)NC(=O)NC1=O. The Balaban J connectivity index is 2.22. The molecular weight excluding hydrogens is 278 g/mol. The number of imide groups is 1. The minimum atomic E-state index is -0.969. The number of hydrogen-bond donors (Lipinski definition) is 3. The summed E-state index contributed by atoms with van der Waals surface area (Å²) in [5.74, 6) is -0.292. The molecule has 1 heterocycles. The van der Waals surface area contributed by atoms with Gasteiger partial charge >= 0.3 is 6.03 Å². The van der Waals surface area contributed by atoms with Crippen LogP contribution < -0.4 is 16.4 Å². The number of urea groups is 1. The van der Waals surface area contributed by atoms with Gasteiger partial charge < -0.3 is 11.1 Å². The fraction of sp³-hybridized carbons (Fsp3) is 0.429. The zero-order valence-electron chi connectivity index (χ0n) is 11.2. The van der Waals surface area contributed by atoms with Crippen molar-refractivity contribution >= 4 is 23.5 Å². The molecule has 1 aromatic carbocycles. The first kappa shape index (κ1) is 14.8. The predicted octanol–water partition coefficient (Wildman–Crippen LogP) is 1.18.